The molecule has 0 fully saturated rings. The molecule has 0 saturated heterocycles. The van der Waals surface area contributed by atoms with Gasteiger partial charge in [-0.1, -0.05) is 0 Å². The van der Waals surface area contributed by atoms with Crippen molar-refractivity contribution >= 4 is 20.2 Å². The van der Waals surface area contributed by atoms with Crippen molar-refractivity contribution in [2.75, 3.05) is 0 Å². The third-order valence-corrected chi connectivity index (χ3v) is 3.16. The Morgan fingerprint density at radius 3 is 1.13 bits per heavy atom. The summed E-state index contributed by atoms with van der Waals surface area (Å²) in [5, 5.41) is 0. The first-order chi connectivity index (χ1) is 6.21. The van der Waals surface area contributed by atoms with Crippen molar-refractivity contribution < 1.29 is 56.9 Å². The molecule has 6 nitrogen and oxygen atoms in total. The molecule has 0 bridgehead atoms. The molecule has 0 aliphatic heterocycles. The Labute approximate surface area is 111 Å². The average Bonchev–Trinajstić information content (AvgIpc) is 2.01. The van der Waals surface area contributed by atoms with Crippen LogP contribution in [0.15, 0.2) is 34.1 Å². The normalized spacial score (nSPS) is 11.9. The molecule has 0 aromatic heterocycles. The van der Waals surface area contributed by atoms with Crippen molar-refractivity contribution in [3.63, 3.8) is 0 Å². The van der Waals surface area contributed by atoms with Crippen LogP contribution in [-0.4, -0.2) is 25.9 Å². The summed E-state index contributed by atoms with van der Waals surface area (Å²) in [5.74, 6) is 0. The van der Waals surface area contributed by atoms with Crippen molar-refractivity contribution in [3.8, 4) is 0 Å². The molecular weight excluding hydrogens is 255 g/mol. The minimum atomic E-state index is -4.34. The van der Waals surface area contributed by atoms with Crippen molar-refractivity contribution in [1.29, 1.82) is 0 Å². The molecule has 1 aromatic rings. The molecule has 0 saturated carbocycles. The monoisotopic (exact) mass is 262 g/mol. The fourth-order valence-corrected chi connectivity index (χ4v) is 1.74. The third kappa shape index (κ3) is 4.19. The van der Waals surface area contributed by atoms with Crippen LogP contribution in [0.25, 0.3) is 0 Å². The molecule has 15 heavy (non-hydrogen) atoms. The molecule has 0 atom stereocenters. The Hall–Kier alpha value is 0.0400. The third-order valence-electron chi connectivity index (χ3n) is 1.42. The zero-order valence-electron chi connectivity index (χ0n) is 8.65. The minimum Gasteiger partial charge on any atom is -1.00 e. The molecule has 0 radical (unpaired) electrons. The maximum atomic E-state index is 10.5. The van der Waals surface area contributed by atoms with E-state index in [1.54, 1.807) is 0 Å². The SMILES string of the molecule is O=S(=O)(O)c1ccc(S(=O)(=O)O)cc1.[H-].[Na+]. The summed E-state index contributed by atoms with van der Waals surface area (Å²) in [6.45, 7) is 0. The summed E-state index contributed by atoms with van der Waals surface area (Å²) in [4.78, 5) is -0.880. The van der Waals surface area contributed by atoms with Crippen LogP contribution in [0.2, 0.25) is 0 Å². The molecule has 80 valence electrons. The molecule has 2 N–H and O–H groups in total. The van der Waals surface area contributed by atoms with Gasteiger partial charge < -0.3 is 1.43 Å². The van der Waals surface area contributed by atoms with E-state index in [9.17, 15) is 16.8 Å². The average molecular weight is 262 g/mol. The number of benzene rings is 1. The minimum absolute atomic E-state index is 0. The van der Waals surface area contributed by atoms with Crippen molar-refractivity contribution in [1.82, 2.24) is 0 Å². The maximum Gasteiger partial charge on any atom is 1.00 e. The second kappa shape index (κ2) is 4.91. The summed E-state index contributed by atoms with van der Waals surface area (Å²) in [6.07, 6.45) is 0. The summed E-state index contributed by atoms with van der Waals surface area (Å²) >= 11 is 0. The molecule has 0 spiro atoms. The zero-order chi connectivity index (χ0) is 11.0. The van der Waals surface area contributed by atoms with Gasteiger partial charge in [0, 0.05) is 0 Å². The van der Waals surface area contributed by atoms with Gasteiger partial charge in [-0.3, -0.25) is 9.11 Å². The Morgan fingerprint density at radius 2 is 1.00 bits per heavy atom. The van der Waals surface area contributed by atoms with Gasteiger partial charge >= 0.3 is 29.6 Å². The van der Waals surface area contributed by atoms with Gasteiger partial charge in [0.05, 0.1) is 9.79 Å². The molecule has 9 heteroatoms. The van der Waals surface area contributed by atoms with E-state index in [-0.39, 0.29) is 31.0 Å². The van der Waals surface area contributed by atoms with E-state index in [2.05, 4.69) is 0 Å². The smallest absolute Gasteiger partial charge is 1.00 e. The van der Waals surface area contributed by atoms with Crippen molar-refractivity contribution in [2.24, 2.45) is 0 Å². The van der Waals surface area contributed by atoms with Gasteiger partial charge in [-0.2, -0.15) is 16.8 Å². The standard InChI is InChI=1S/C6H6O6S2.Na.H/c7-13(8,9)5-1-2-6(4-3-5)14(10,11)12;;/h1-4H,(H,7,8,9)(H,10,11,12);;/q;+1;-1. The summed E-state index contributed by atoms with van der Waals surface area (Å²) < 4.78 is 59.2. The molecule has 0 aliphatic carbocycles. The fraction of sp³-hybridized carbons (Fsp3) is 0. The zero-order valence-corrected chi connectivity index (χ0v) is 11.3. The second-order valence-electron chi connectivity index (χ2n) is 2.42. The number of rotatable bonds is 2. The first-order valence-electron chi connectivity index (χ1n) is 3.26. The second-order valence-corrected chi connectivity index (χ2v) is 5.26. The van der Waals surface area contributed by atoms with Crippen LogP contribution >= 0.6 is 0 Å². The molecule has 1 rings (SSSR count). The Kier molecular flexibility index (Phi) is 4.93. The summed E-state index contributed by atoms with van der Waals surface area (Å²) in [7, 11) is -8.68. The van der Waals surface area contributed by atoms with E-state index in [0.29, 0.717) is 0 Å². The number of hydrogen-bond acceptors (Lipinski definition) is 4. The van der Waals surface area contributed by atoms with Gasteiger partial charge in [-0.15, -0.1) is 0 Å². The Morgan fingerprint density at radius 1 is 0.800 bits per heavy atom. The first-order valence-corrected chi connectivity index (χ1v) is 6.14. The molecular formula is C6H7NaO6S2. The quantitative estimate of drug-likeness (QED) is 0.443. The van der Waals surface area contributed by atoms with E-state index in [0.717, 1.165) is 24.3 Å². The number of hydrogen-bond donors (Lipinski definition) is 2. The van der Waals surface area contributed by atoms with Gasteiger partial charge in [0.1, 0.15) is 0 Å². The van der Waals surface area contributed by atoms with Gasteiger partial charge in [-0.05, 0) is 24.3 Å². The Bertz CT molecular complexity index is 484. The van der Waals surface area contributed by atoms with Crippen LogP contribution < -0.4 is 29.6 Å². The van der Waals surface area contributed by atoms with Crippen LogP contribution in [0.3, 0.4) is 0 Å². The topological polar surface area (TPSA) is 109 Å². The van der Waals surface area contributed by atoms with Gasteiger partial charge in [0.2, 0.25) is 0 Å². The van der Waals surface area contributed by atoms with Crippen molar-refractivity contribution in [2.45, 2.75) is 9.79 Å². The van der Waals surface area contributed by atoms with Crippen LogP contribution in [-0.2, 0) is 20.2 Å². The van der Waals surface area contributed by atoms with Gasteiger partial charge in [-0.25, -0.2) is 0 Å². The molecule has 0 amide bonds. The van der Waals surface area contributed by atoms with Crippen LogP contribution in [0.4, 0.5) is 0 Å². The van der Waals surface area contributed by atoms with Crippen molar-refractivity contribution in [3.05, 3.63) is 24.3 Å². The van der Waals surface area contributed by atoms with Gasteiger partial charge in [0.25, 0.3) is 20.2 Å². The fourth-order valence-electron chi connectivity index (χ4n) is 0.784. The maximum absolute atomic E-state index is 10.5. The van der Waals surface area contributed by atoms with E-state index >= 15 is 0 Å². The van der Waals surface area contributed by atoms with Crippen LogP contribution in [0, 0.1) is 0 Å². The predicted molar refractivity (Wildman–Crippen MR) is 47.2 cm³/mol. The van der Waals surface area contributed by atoms with Crippen LogP contribution in [0.5, 0.6) is 0 Å². The molecule has 1 aromatic carbocycles. The van der Waals surface area contributed by atoms with E-state index in [1.165, 1.54) is 0 Å². The molecule has 0 heterocycles. The molecule has 0 unspecified atom stereocenters. The van der Waals surface area contributed by atoms with E-state index in [1.807, 2.05) is 0 Å². The first kappa shape index (κ1) is 15.0. The predicted octanol–water partition coefficient (Wildman–Crippen LogP) is -2.70. The van der Waals surface area contributed by atoms with Gasteiger partial charge in [0.15, 0.2) is 0 Å². The van der Waals surface area contributed by atoms with E-state index < -0.39 is 30.0 Å². The summed E-state index contributed by atoms with van der Waals surface area (Å²) in [5.41, 5.74) is 0. The Balaban J connectivity index is 0. The largest absolute Gasteiger partial charge is 1.00 e. The summed E-state index contributed by atoms with van der Waals surface area (Å²) in [6, 6.07) is 3.49. The van der Waals surface area contributed by atoms with Crippen LogP contribution in [0.1, 0.15) is 1.43 Å². The van der Waals surface area contributed by atoms with E-state index in [4.69, 9.17) is 9.11 Å². The molecule has 0 aliphatic rings.